The summed E-state index contributed by atoms with van der Waals surface area (Å²) in [5, 5.41) is 33.8. The van der Waals surface area contributed by atoms with Crippen LogP contribution < -0.4 is 0 Å². The maximum atomic E-state index is 12.8. The fraction of sp³-hybridized carbons (Fsp3) is 0.734. The van der Waals surface area contributed by atoms with E-state index < -0.39 is 51.4 Å². The molecule has 0 aromatic rings. The van der Waals surface area contributed by atoms with E-state index in [1.54, 1.807) is 44.2 Å². The lowest BCUT2D eigenvalue weighted by Crippen LogP contribution is -2.62. The van der Waals surface area contributed by atoms with E-state index >= 15 is 0 Å². The number of Topliss-reactive ketones (excluding diaryl/α,β-unsaturated/α-hetero) is 4. The summed E-state index contributed by atoms with van der Waals surface area (Å²) in [6.45, 7) is 36.6. The molecule has 16 aliphatic carbocycles. The number of allylic oxidation sites excluding steroid dienone is 13. The summed E-state index contributed by atoms with van der Waals surface area (Å²) in [5.74, 6) is 3.89. The predicted octanol–water partition coefficient (Wildman–Crippen LogP) is 15.3. The maximum Gasteiger partial charge on any atom is 0.303 e. The minimum Gasteiger partial charge on any atom is -0.451 e. The van der Waals surface area contributed by atoms with Gasteiger partial charge in [-0.25, -0.2) is 0 Å². The molecule has 0 bridgehead atoms. The Morgan fingerprint density at radius 1 is 0.369 bits per heavy atom. The fourth-order valence-corrected chi connectivity index (χ4v) is 30.9. The van der Waals surface area contributed by atoms with E-state index in [1.807, 2.05) is 38.2 Å². The summed E-state index contributed by atoms with van der Waals surface area (Å²) in [6, 6.07) is 0. The molecule has 0 aliphatic heterocycles. The molecule has 0 amide bonds. The molecular weight excluding hydrogens is 1400 g/mol. The molecule has 606 valence electrons. The van der Waals surface area contributed by atoms with Crippen molar-refractivity contribution < 1.29 is 82.3 Å². The molecule has 17 nitrogen and oxygen atoms in total. The third-order valence-corrected chi connectivity index (χ3v) is 35.5. The first-order chi connectivity index (χ1) is 51.6. The van der Waals surface area contributed by atoms with Crippen molar-refractivity contribution in [2.45, 2.75) is 295 Å². The molecule has 22 unspecified atom stereocenters. The van der Waals surface area contributed by atoms with Crippen molar-refractivity contribution in [3.63, 3.8) is 0 Å². The number of aliphatic hydroxyl groups is 3. The van der Waals surface area contributed by atoms with Crippen LogP contribution in [0.25, 0.3) is 0 Å². The van der Waals surface area contributed by atoms with Gasteiger partial charge in [-0.2, -0.15) is 0 Å². The number of esters is 3. The molecule has 111 heavy (non-hydrogen) atoms. The SMILES string of the molecule is CC(=O)O[C@]1(C(C)=O)CCC2C3C[C@H](C)C4=CC(=O)C=CC4(C)C3C(O)CC21C.CC(=O)O[C@]1(C(C)=O)CCC2C3C[C@H](C)C4=CC(=O)C=CC4(C)C3CCC21C.CC(=O)O[C@]1(C(C)=O)CCC2C3C[C@H](C)C4=CC(=O)CCC4(C)C3CCC21C.CC(=O)[C@@]1(O)CCC2C3C[C@H](C)C4=CC(=O)C=CC4(C)C3C(O)CC21C. The maximum absolute atomic E-state index is 12.8. The van der Waals surface area contributed by atoms with E-state index in [9.17, 15) is 68.1 Å². The van der Waals surface area contributed by atoms with Crippen molar-refractivity contribution in [1.82, 2.24) is 0 Å². The van der Waals surface area contributed by atoms with Crippen molar-refractivity contribution in [3.8, 4) is 0 Å². The summed E-state index contributed by atoms with van der Waals surface area (Å²) >= 11 is 0. The molecule has 12 saturated carbocycles. The Morgan fingerprint density at radius 2 is 0.694 bits per heavy atom. The molecular formula is C94H128O17. The van der Waals surface area contributed by atoms with Crippen LogP contribution in [0.1, 0.15) is 260 Å². The third-order valence-electron chi connectivity index (χ3n) is 35.5. The molecule has 0 aromatic heterocycles. The van der Waals surface area contributed by atoms with Crippen molar-refractivity contribution >= 4 is 64.2 Å². The van der Waals surface area contributed by atoms with Gasteiger partial charge in [0.15, 0.2) is 63.1 Å². The van der Waals surface area contributed by atoms with Crippen LogP contribution in [0.3, 0.4) is 0 Å². The van der Waals surface area contributed by atoms with Gasteiger partial charge in [0.1, 0.15) is 5.60 Å². The highest BCUT2D eigenvalue weighted by molar-refractivity contribution is 6.03. The lowest BCUT2D eigenvalue weighted by atomic mass is 9.44. The van der Waals surface area contributed by atoms with Gasteiger partial charge in [-0.1, -0.05) is 124 Å². The molecule has 0 aromatic carbocycles. The fourth-order valence-electron chi connectivity index (χ4n) is 30.9. The summed E-state index contributed by atoms with van der Waals surface area (Å²) in [5.41, 5.74) is -1.97. The standard InChI is InChI=1S/C24H32O5.C24H34O4.C24H32O4.C22H30O4/c1-13-10-17-18-7-9-24(14(2)25,29-15(3)26)23(18,5)12-20(28)21(17)22(4)8-6-16(27)11-19(13)22;2*1-14-12-18-19(22(4)9-6-17(27)13-21(14)22)7-10-23(5)20(18)8-11-24(23,15(2)25)28-16(3)26;1-12-9-15-16-6-8-22(26,13(2)23)21(16,4)11-18(25)19(15)20(3)7-5-14(24)10-17(12)20/h6,8,11,13,17-18,20-21,28H,7,9-10,12H2,1-5H3;13-14,18-20H,6-12H2,1-5H3;6,9,13-14,18-20H,7-8,10-12H2,1-5H3;5,7,10,12,15-16,18-19,25-26H,6,8-9,11H2,1-4H3/t13-,17?,18?,20?,21?,22?,23?,24-;2*14-,18?,19?,20?,22?,23?,24-;12-,15?,16?,18?,19?,20?,21?,22-/m0000/s1. The van der Waals surface area contributed by atoms with Crippen molar-refractivity contribution in [2.24, 2.45) is 138 Å². The van der Waals surface area contributed by atoms with Crippen LogP contribution in [0.4, 0.5) is 0 Å². The second kappa shape index (κ2) is 28.1. The van der Waals surface area contributed by atoms with E-state index in [0.717, 1.165) is 94.6 Å². The normalized spacial score (nSPS) is 48.8. The minimum absolute atomic E-state index is 0.00469. The van der Waals surface area contributed by atoms with Gasteiger partial charge in [-0.3, -0.25) is 52.7 Å². The Bertz CT molecular complexity index is 4190. The summed E-state index contributed by atoms with van der Waals surface area (Å²) in [6.07, 6.45) is 33.2. The number of carbonyl (C=O) groups is 11. The zero-order valence-electron chi connectivity index (χ0n) is 69.9. The predicted molar refractivity (Wildman–Crippen MR) is 419 cm³/mol. The Labute approximate surface area is 658 Å². The van der Waals surface area contributed by atoms with E-state index in [1.165, 1.54) is 45.8 Å². The zero-order chi connectivity index (χ0) is 81.4. The summed E-state index contributed by atoms with van der Waals surface area (Å²) in [4.78, 5) is 135. The van der Waals surface area contributed by atoms with Gasteiger partial charge in [-0.15, -0.1) is 0 Å². The van der Waals surface area contributed by atoms with Gasteiger partial charge < -0.3 is 29.5 Å². The molecule has 16 aliphatic rings. The van der Waals surface area contributed by atoms with Crippen LogP contribution in [-0.4, -0.2) is 114 Å². The topological polar surface area (TPSA) is 276 Å². The average molecular weight is 1530 g/mol. The molecule has 30 atom stereocenters. The van der Waals surface area contributed by atoms with Crippen LogP contribution in [0.15, 0.2) is 83.1 Å². The molecule has 16 rings (SSSR count). The Balaban J connectivity index is 0.000000130. The number of aliphatic hydroxyl groups excluding tert-OH is 2. The van der Waals surface area contributed by atoms with E-state index in [-0.39, 0.29) is 138 Å². The van der Waals surface area contributed by atoms with Gasteiger partial charge in [0, 0.05) is 76.9 Å². The molecule has 0 heterocycles. The minimum atomic E-state index is -1.33. The van der Waals surface area contributed by atoms with Crippen molar-refractivity contribution in [3.05, 3.63) is 83.1 Å². The van der Waals surface area contributed by atoms with Gasteiger partial charge in [-0.05, 0) is 280 Å². The highest BCUT2D eigenvalue weighted by atomic mass is 16.6. The van der Waals surface area contributed by atoms with Crippen LogP contribution in [-0.2, 0) is 67.0 Å². The first kappa shape index (κ1) is 82.8. The number of fused-ring (bicyclic) bond motifs is 20. The van der Waals surface area contributed by atoms with Crippen LogP contribution in [0.2, 0.25) is 0 Å². The summed E-state index contributed by atoms with van der Waals surface area (Å²) in [7, 11) is 0. The van der Waals surface area contributed by atoms with Gasteiger partial charge in [0.05, 0.1) is 12.2 Å². The van der Waals surface area contributed by atoms with Gasteiger partial charge in [0.25, 0.3) is 0 Å². The first-order valence-corrected chi connectivity index (χ1v) is 42.4. The largest absolute Gasteiger partial charge is 0.451 e. The van der Waals surface area contributed by atoms with Crippen LogP contribution >= 0.6 is 0 Å². The summed E-state index contributed by atoms with van der Waals surface area (Å²) < 4.78 is 17.4. The zero-order valence-corrected chi connectivity index (χ0v) is 69.9. The second-order valence-corrected chi connectivity index (χ2v) is 40.5. The smallest absolute Gasteiger partial charge is 0.303 e. The Morgan fingerprint density at radius 3 is 1.10 bits per heavy atom. The lowest BCUT2D eigenvalue weighted by Gasteiger charge is -2.61. The van der Waals surface area contributed by atoms with Crippen LogP contribution in [0, 0.1) is 138 Å². The monoisotopic (exact) mass is 1530 g/mol. The number of hydrogen-bond donors (Lipinski definition) is 3. The molecule has 0 spiro atoms. The quantitative estimate of drug-likeness (QED) is 0.158. The van der Waals surface area contributed by atoms with Gasteiger partial charge in [0.2, 0.25) is 0 Å². The lowest BCUT2D eigenvalue weighted by molar-refractivity contribution is -0.197. The van der Waals surface area contributed by atoms with Crippen LogP contribution in [0.5, 0.6) is 0 Å². The number of carbonyl (C=O) groups excluding carboxylic acids is 11. The first-order valence-electron chi connectivity index (χ1n) is 42.4. The number of ether oxygens (including phenoxy) is 3. The third kappa shape index (κ3) is 12.1. The van der Waals surface area contributed by atoms with E-state index in [4.69, 9.17) is 14.2 Å². The van der Waals surface area contributed by atoms with Gasteiger partial charge >= 0.3 is 17.9 Å². The van der Waals surface area contributed by atoms with Crippen molar-refractivity contribution in [1.29, 1.82) is 0 Å². The number of ketones is 8. The highest BCUT2D eigenvalue weighted by Gasteiger charge is 2.74. The Hall–Kier alpha value is -6.17. The average Bonchev–Trinajstić information content (AvgIpc) is 1.60. The number of rotatable bonds is 7. The molecule has 0 radical (unpaired) electrons. The van der Waals surface area contributed by atoms with E-state index in [0.29, 0.717) is 92.3 Å². The molecule has 17 heteroatoms. The van der Waals surface area contributed by atoms with E-state index in [2.05, 4.69) is 75.3 Å². The highest BCUT2D eigenvalue weighted by Crippen LogP contribution is 2.74. The van der Waals surface area contributed by atoms with Crippen molar-refractivity contribution in [2.75, 3.05) is 0 Å². The Kier molecular flexibility index (Phi) is 20.9. The number of hydrogen-bond acceptors (Lipinski definition) is 17. The molecule has 0 saturated heterocycles. The molecule has 12 fully saturated rings. The molecule has 3 N–H and O–H groups in total. The second-order valence-electron chi connectivity index (χ2n) is 40.5.